The molecule has 0 N–H and O–H groups in total. The standard InChI is InChI=1S/C18H24/c1-5-17-10-7-11-18(14-17)13-12-16(4)9-6-8-15(2)3/h1,7-8,10-11,14,16H,6,9,12-13H2,2-4H3/t16-/m0/s1. The van der Waals surface area contributed by atoms with E-state index >= 15 is 0 Å². The molecule has 0 bridgehead atoms. The number of benzene rings is 1. The zero-order chi connectivity index (χ0) is 13.4. The lowest BCUT2D eigenvalue weighted by Gasteiger charge is -2.10. The highest BCUT2D eigenvalue weighted by molar-refractivity contribution is 5.35. The molecule has 0 aliphatic carbocycles. The summed E-state index contributed by atoms with van der Waals surface area (Å²) >= 11 is 0. The van der Waals surface area contributed by atoms with Crippen LogP contribution in [0.2, 0.25) is 0 Å². The SMILES string of the molecule is C#Cc1cccc(CC[C@@H](C)CCC=C(C)C)c1. The number of hydrogen-bond donors (Lipinski definition) is 0. The molecule has 0 saturated carbocycles. The number of hydrogen-bond acceptors (Lipinski definition) is 0. The van der Waals surface area contributed by atoms with Crippen LogP contribution in [0.4, 0.5) is 0 Å². The van der Waals surface area contributed by atoms with Crippen LogP contribution < -0.4 is 0 Å². The van der Waals surface area contributed by atoms with Gasteiger partial charge in [-0.25, -0.2) is 0 Å². The molecule has 1 aromatic rings. The molecule has 1 rings (SSSR count). The molecule has 96 valence electrons. The fourth-order valence-electron chi connectivity index (χ4n) is 2.03. The highest BCUT2D eigenvalue weighted by Crippen LogP contribution is 2.16. The van der Waals surface area contributed by atoms with Crippen molar-refractivity contribution in [3.8, 4) is 12.3 Å². The molecule has 0 aliphatic heterocycles. The predicted octanol–water partition coefficient (Wildman–Crippen LogP) is 4.98. The van der Waals surface area contributed by atoms with Crippen LogP contribution in [0.25, 0.3) is 0 Å². The fraction of sp³-hybridized carbons (Fsp3) is 0.444. The van der Waals surface area contributed by atoms with E-state index in [4.69, 9.17) is 6.42 Å². The molecule has 0 unspecified atom stereocenters. The quantitative estimate of drug-likeness (QED) is 0.486. The van der Waals surface area contributed by atoms with Gasteiger partial charge in [-0.3, -0.25) is 0 Å². The molecule has 0 heteroatoms. The van der Waals surface area contributed by atoms with E-state index in [1.165, 1.54) is 30.4 Å². The van der Waals surface area contributed by atoms with Crippen molar-refractivity contribution in [2.75, 3.05) is 0 Å². The molecule has 0 fully saturated rings. The Morgan fingerprint density at radius 2 is 2.11 bits per heavy atom. The Morgan fingerprint density at radius 3 is 2.78 bits per heavy atom. The average Bonchev–Trinajstić information content (AvgIpc) is 2.36. The third-order valence-electron chi connectivity index (χ3n) is 3.23. The fourth-order valence-corrected chi connectivity index (χ4v) is 2.03. The smallest absolute Gasteiger partial charge is 0.0245 e. The lowest BCUT2D eigenvalue weighted by Crippen LogP contribution is -1.97. The van der Waals surface area contributed by atoms with Gasteiger partial charge in [0.2, 0.25) is 0 Å². The number of rotatable bonds is 6. The second kappa shape index (κ2) is 7.77. The van der Waals surface area contributed by atoms with E-state index in [2.05, 4.69) is 51.0 Å². The molecule has 0 aliphatic rings. The summed E-state index contributed by atoms with van der Waals surface area (Å²) in [6.45, 7) is 6.66. The molecule has 18 heavy (non-hydrogen) atoms. The van der Waals surface area contributed by atoms with Gasteiger partial charge in [0.25, 0.3) is 0 Å². The Kier molecular flexibility index (Phi) is 6.29. The summed E-state index contributed by atoms with van der Waals surface area (Å²) in [6.07, 6.45) is 12.6. The summed E-state index contributed by atoms with van der Waals surface area (Å²) in [5.74, 6) is 3.47. The molecule has 0 spiro atoms. The molecule has 0 saturated heterocycles. The summed E-state index contributed by atoms with van der Waals surface area (Å²) in [7, 11) is 0. The number of terminal acetylenes is 1. The predicted molar refractivity (Wildman–Crippen MR) is 80.5 cm³/mol. The summed E-state index contributed by atoms with van der Waals surface area (Å²) in [4.78, 5) is 0. The van der Waals surface area contributed by atoms with Gasteiger partial charge in [0.05, 0.1) is 0 Å². The van der Waals surface area contributed by atoms with Crippen molar-refractivity contribution in [1.29, 1.82) is 0 Å². The van der Waals surface area contributed by atoms with Gasteiger partial charge in [0, 0.05) is 5.56 Å². The van der Waals surface area contributed by atoms with E-state index in [1.54, 1.807) is 0 Å². The van der Waals surface area contributed by atoms with Crippen LogP contribution in [0.3, 0.4) is 0 Å². The highest BCUT2D eigenvalue weighted by Gasteiger charge is 2.02. The van der Waals surface area contributed by atoms with Crippen molar-refractivity contribution in [3.05, 3.63) is 47.0 Å². The Bertz CT molecular complexity index is 428. The lowest BCUT2D eigenvalue weighted by atomic mass is 9.96. The van der Waals surface area contributed by atoms with E-state index < -0.39 is 0 Å². The van der Waals surface area contributed by atoms with Crippen molar-refractivity contribution in [2.45, 2.75) is 46.5 Å². The van der Waals surface area contributed by atoms with Gasteiger partial charge in [0.1, 0.15) is 0 Å². The van der Waals surface area contributed by atoms with Crippen LogP contribution in [-0.2, 0) is 6.42 Å². The van der Waals surface area contributed by atoms with E-state index in [0.717, 1.165) is 17.9 Å². The maximum absolute atomic E-state index is 5.41. The first kappa shape index (κ1) is 14.6. The van der Waals surface area contributed by atoms with Gasteiger partial charge in [-0.2, -0.15) is 0 Å². The minimum atomic E-state index is 0.773. The van der Waals surface area contributed by atoms with Crippen LogP contribution in [0.15, 0.2) is 35.9 Å². The zero-order valence-electron chi connectivity index (χ0n) is 11.9. The first-order valence-corrected chi connectivity index (χ1v) is 6.80. The molecular weight excluding hydrogens is 216 g/mol. The molecule has 0 radical (unpaired) electrons. The van der Waals surface area contributed by atoms with Crippen molar-refractivity contribution in [1.82, 2.24) is 0 Å². The molecule has 0 nitrogen and oxygen atoms in total. The average molecular weight is 240 g/mol. The van der Waals surface area contributed by atoms with Gasteiger partial charge < -0.3 is 0 Å². The molecule has 1 atom stereocenters. The monoisotopic (exact) mass is 240 g/mol. The summed E-state index contributed by atoms with van der Waals surface area (Å²) in [6, 6.07) is 8.34. The second-order valence-corrected chi connectivity index (χ2v) is 5.35. The highest BCUT2D eigenvalue weighted by atomic mass is 14.1. The van der Waals surface area contributed by atoms with Crippen LogP contribution in [0.5, 0.6) is 0 Å². The molecule has 1 aromatic carbocycles. The lowest BCUT2D eigenvalue weighted by molar-refractivity contribution is 0.497. The van der Waals surface area contributed by atoms with Crippen molar-refractivity contribution in [3.63, 3.8) is 0 Å². The molecule has 0 heterocycles. The van der Waals surface area contributed by atoms with Gasteiger partial charge in [-0.1, -0.05) is 36.6 Å². The molecule has 0 aromatic heterocycles. The van der Waals surface area contributed by atoms with Crippen LogP contribution in [0.1, 0.15) is 51.2 Å². The maximum Gasteiger partial charge on any atom is 0.0245 e. The van der Waals surface area contributed by atoms with Gasteiger partial charge in [-0.05, 0) is 63.1 Å². The Hall–Kier alpha value is -1.48. The zero-order valence-corrected chi connectivity index (χ0v) is 11.9. The summed E-state index contributed by atoms with van der Waals surface area (Å²) < 4.78 is 0. The second-order valence-electron chi connectivity index (χ2n) is 5.35. The first-order valence-electron chi connectivity index (χ1n) is 6.80. The Balaban J connectivity index is 2.36. The Labute approximate surface area is 112 Å². The van der Waals surface area contributed by atoms with Crippen molar-refractivity contribution in [2.24, 2.45) is 5.92 Å². The van der Waals surface area contributed by atoms with Crippen molar-refractivity contribution >= 4 is 0 Å². The number of aryl methyl sites for hydroxylation is 1. The van der Waals surface area contributed by atoms with Gasteiger partial charge in [0.15, 0.2) is 0 Å². The van der Waals surface area contributed by atoms with Crippen LogP contribution in [0, 0.1) is 18.3 Å². The third kappa shape index (κ3) is 5.73. The molecule has 0 amide bonds. The normalized spacial score (nSPS) is 11.7. The largest absolute Gasteiger partial charge is 0.115 e. The minimum absolute atomic E-state index is 0.773. The van der Waals surface area contributed by atoms with E-state index in [1.807, 2.05) is 6.07 Å². The van der Waals surface area contributed by atoms with Crippen LogP contribution >= 0.6 is 0 Å². The van der Waals surface area contributed by atoms with Crippen LogP contribution in [-0.4, -0.2) is 0 Å². The third-order valence-corrected chi connectivity index (χ3v) is 3.23. The number of allylic oxidation sites excluding steroid dienone is 2. The van der Waals surface area contributed by atoms with E-state index in [0.29, 0.717) is 0 Å². The first-order chi connectivity index (χ1) is 8.61. The Morgan fingerprint density at radius 1 is 1.33 bits per heavy atom. The van der Waals surface area contributed by atoms with E-state index in [-0.39, 0.29) is 0 Å². The molecular formula is C18H24. The van der Waals surface area contributed by atoms with Gasteiger partial charge in [-0.15, -0.1) is 6.42 Å². The summed E-state index contributed by atoms with van der Waals surface area (Å²) in [5.41, 5.74) is 3.77. The van der Waals surface area contributed by atoms with Gasteiger partial charge >= 0.3 is 0 Å². The topological polar surface area (TPSA) is 0 Å². The minimum Gasteiger partial charge on any atom is -0.115 e. The van der Waals surface area contributed by atoms with E-state index in [9.17, 15) is 0 Å². The van der Waals surface area contributed by atoms with Crippen molar-refractivity contribution < 1.29 is 0 Å². The maximum atomic E-state index is 5.41. The summed E-state index contributed by atoms with van der Waals surface area (Å²) in [5, 5.41) is 0.